The van der Waals surface area contributed by atoms with Gasteiger partial charge in [-0.05, 0) is 13.0 Å². The van der Waals surface area contributed by atoms with Crippen molar-refractivity contribution in [3.63, 3.8) is 0 Å². The van der Waals surface area contributed by atoms with E-state index in [0.29, 0.717) is 11.3 Å². The molecule has 1 aromatic rings. The molecule has 0 atom stereocenters. The van der Waals surface area contributed by atoms with Crippen LogP contribution in [0.15, 0.2) is 17.1 Å². The number of hydrogen-bond donors (Lipinski definition) is 2. The summed E-state index contributed by atoms with van der Waals surface area (Å²) >= 11 is 0. The third-order valence-corrected chi connectivity index (χ3v) is 1.68. The van der Waals surface area contributed by atoms with E-state index < -0.39 is 0 Å². The van der Waals surface area contributed by atoms with Gasteiger partial charge < -0.3 is 15.7 Å². The van der Waals surface area contributed by atoms with Crippen LogP contribution in [0.2, 0.25) is 0 Å². The van der Waals surface area contributed by atoms with E-state index >= 15 is 0 Å². The van der Waals surface area contributed by atoms with E-state index in [1.165, 1.54) is 4.57 Å². The van der Waals surface area contributed by atoms with Crippen LogP contribution in [-0.4, -0.2) is 10.3 Å². The van der Waals surface area contributed by atoms with Crippen molar-refractivity contribution in [3.8, 4) is 0 Å². The lowest BCUT2D eigenvalue weighted by molar-refractivity contribution is 0.858. The molecule has 4 nitrogen and oxygen atoms in total. The topological polar surface area (TPSA) is 71.9 Å². The molecule has 0 amide bonds. The highest BCUT2D eigenvalue weighted by molar-refractivity contribution is 6.00. The van der Waals surface area contributed by atoms with Crippen LogP contribution in [0.3, 0.4) is 0 Å². The molecule has 0 fully saturated rings. The Morgan fingerprint density at radius 1 is 1.50 bits per heavy atom. The molecule has 1 aromatic heterocycles. The number of nitrogens with zero attached hydrogens (tertiary/aromatic N) is 1. The van der Waals surface area contributed by atoms with Gasteiger partial charge in [-0.2, -0.15) is 0 Å². The Kier molecular flexibility index (Phi) is 4.63. The second-order valence-electron chi connectivity index (χ2n) is 2.69. The summed E-state index contributed by atoms with van der Waals surface area (Å²) in [5.41, 5.74) is 6.18. The van der Waals surface area contributed by atoms with Crippen LogP contribution in [0.4, 0.5) is 5.69 Å². The Morgan fingerprint density at radius 2 is 2.00 bits per heavy atom. The van der Waals surface area contributed by atoms with Crippen molar-refractivity contribution in [2.24, 2.45) is 7.05 Å². The lowest BCUT2D eigenvalue weighted by atomic mass is 10.1. The minimum atomic E-state index is -0.220. The number of rotatable bonds is 1. The van der Waals surface area contributed by atoms with Crippen LogP contribution in [0.25, 0.3) is 0 Å². The molecule has 0 aromatic carbocycles. The molecule has 0 bridgehead atoms. The largest absolute Gasteiger partial charge is 0.398 e. The standard InChI is InChI=1S/C8H11N3O.C2H6/c1-5(9)7-6(10)3-4-11(2)8(7)12;1-2/h3-4,9H,10H2,1-2H3;1-2H3. The summed E-state index contributed by atoms with van der Waals surface area (Å²) in [6.45, 7) is 5.55. The van der Waals surface area contributed by atoms with Gasteiger partial charge in [-0.25, -0.2) is 0 Å². The molecule has 3 N–H and O–H groups in total. The zero-order valence-corrected chi connectivity index (χ0v) is 9.09. The Hall–Kier alpha value is -1.58. The van der Waals surface area contributed by atoms with Crippen molar-refractivity contribution in [1.29, 1.82) is 5.41 Å². The van der Waals surface area contributed by atoms with E-state index in [4.69, 9.17) is 11.1 Å². The lowest BCUT2D eigenvalue weighted by Crippen LogP contribution is -2.24. The molecule has 1 rings (SSSR count). The summed E-state index contributed by atoms with van der Waals surface area (Å²) in [5.74, 6) is 0. The number of aromatic nitrogens is 1. The van der Waals surface area contributed by atoms with Crippen molar-refractivity contribution in [2.75, 3.05) is 5.73 Å². The number of aryl methyl sites for hydroxylation is 1. The maximum absolute atomic E-state index is 11.4. The smallest absolute Gasteiger partial charge is 0.261 e. The molecular formula is C10H17N3O. The van der Waals surface area contributed by atoms with Crippen LogP contribution >= 0.6 is 0 Å². The fraction of sp³-hybridized carbons (Fsp3) is 0.400. The number of anilines is 1. The molecule has 0 aliphatic rings. The molecule has 78 valence electrons. The maximum Gasteiger partial charge on any atom is 0.261 e. The molecule has 0 unspecified atom stereocenters. The van der Waals surface area contributed by atoms with E-state index in [1.807, 2.05) is 13.8 Å². The summed E-state index contributed by atoms with van der Waals surface area (Å²) in [4.78, 5) is 11.4. The second kappa shape index (κ2) is 5.21. The summed E-state index contributed by atoms with van der Waals surface area (Å²) in [5, 5.41) is 7.32. The van der Waals surface area contributed by atoms with Crippen molar-refractivity contribution in [2.45, 2.75) is 20.8 Å². The van der Waals surface area contributed by atoms with Gasteiger partial charge in [0.15, 0.2) is 0 Å². The van der Waals surface area contributed by atoms with Gasteiger partial charge >= 0.3 is 0 Å². The third-order valence-electron chi connectivity index (χ3n) is 1.68. The van der Waals surface area contributed by atoms with E-state index in [9.17, 15) is 4.79 Å². The predicted molar refractivity (Wildman–Crippen MR) is 59.9 cm³/mol. The minimum Gasteiger partial charge on any atom is -0.398 e. The normalized spacial score (nSPS) is 8.86. The minimum absolute atomic E-state index is 0.203. The maximum atomic E-state index is 11.4. The van der Waals surface area contributed by atoms with Gasteiger partial charge in [-0.1, -0.05) is 13.8 Å². The van der Waals surface area contributed by atoms with E-state index in [0.717, 1.165) is 0 Å². The highest BCUT2D eigenvalue weighted by Gasteiger charge is 2.07. The molecule has 0 radical (unpaired) electrons. The molecule has 0 spiro atoms. The van der Waals surface area contributed by atoms with Crippen molar-refractivity contribution in [1.82, 2.24) is 4.57 Å². The molecule has 1 heterocycles. The molecule has 0 aliphatic heterocycles. The summed E-state index contributed by atoms with van der Waals surface area (Å²) in [7, 11) is 1.63. The van der Waals surface area contributed by atoms with Crippen LogP contribution in [0.5, 0.6) is 0 Å². The van der Waals surface area contributed by atoms with Crippen molar-refractivity contribution >= 4 is 11.4 Å². The van der Waals surface area contributed by atoms with E-state index in [2.05, 4.69) is 0 Å². The average Bonchev–Trinajstić information content (AvgIpc) is 2.15. The van der Waals surface area contributed by atoms with Gasteiger partial charge in [0.2, 0.25) is 0 Å². The van der Waals surface area contributed by atoms with Crippen LogP contribution < -0.4 is 11.3 Å². The fourth-order valence-corrected chi connectivity index (χ4v) is 1.02. The Bertz CT molecular complexity index is 379. The van der Waals surface area contributed by atoms with Gasteiger partial charge in [0, 0.05) is 24.6 Å². The first-order valence-electron chi connectivity index (χ1n) is 4.54. The molecule has 14 heavy (non-hydrogen) atoms. The van der Waals surface area contributed by atoms with Crippen molar-refractivity contribution < 1.29 is 0 Å². The van der Waals surface area contributed by atoms with Gasteiger partial charge in [-0.3, -0.25) is 4.79 Å². The van der Waals surface area contributed by atoms with Crippen LogP contribution in [0, 0.1) is 5.41 Å². The molecule has 0 saturated heterocycles. The van der Waals surface area contributed by atoms with Gasteiger partial charge in [0.25, 0.3) is 5.56 Å². The van der Waals surface area contributed by atoms with E-state index in [1.54, 1.807) is 26.2 Å². The van der Waals surface area contributed by atoms with Gasteiger partial charge in [0.05, 0.1) is 5.56 Å². The van der Waals surface area contributed by atoms with Crippen LogP contribution in [0.1, 0.15) is 26.3 Å². The molecule has 4 heteroatoms. The zero-order valence-electron chi connectivity index (χ0n) is 9.09. The average molecular weight is 195 g/mol. The van der Waals surface area contributed by atoms with Crippen molar-refractivity contribution in [3.05, 3.63) is 28.2 Å². The van der Waals surface area contributed by atoms with E-state index in [-0.39, 0.29) is 11.3 Å². The number of pyridine rings is 1. The first-order valence-corrected chi connectivity index (χ1v) is 4.54. The SMILES string of the molecule is CC.CC(=N)c1c(N)ccn(C)c1=O. The second-order valence-corrected chi connectivity index (χ2v) is 2.69. The van der Waals surface area contributed by atoms with Gasteiger partial charge in [0.1, 0.15) is 0 Å². The summed E-state index contributed by atoms with van der Waals surface area (Å²) < 4.78 is 1.41. The highest BCUT2D eigenvalue weighted by atomic mass is 16.1. The number of nitrogen functional groups attached to an aromatic ring is 1. The molecule has 0 saturated carbocycles. The quantitative estimate of drug-likeness (QED) is 0.664. The fourth-order valence-electron chi connectivity index (χ4n) is 1.02. The number of nitrogens with one attached hydrogen (secondary N) is 1. The monoisotopic (exact) mass is 195 g/mol. The molecular weight excluding hydrogens is 178 g/mol. The Balaban J connectivity index is 0.000000791. The first-order chi connectivity index (χ1) is 6.54. The Labute approximate surface area is 83.9 Å². The number of hydrogen-bond acceptors (Lipinski definition) is 3. The number of nitrogens with two attached hydrogens (primary N) is 1. The lowest BCUT2D eigenvalue weighted by Gasteiger charge is -2.04. The zero-order chi connectivity index (χ0) is 11.3. The van der Waals surface area contributed by atoms with Crippen LogP contribution in [-0.2, 0) is 7.05 Å². The Morgan fingerprint density at radius 3 is 2.36 bits per heavy atom. The summed E-state index contributed by atoms with van der Waals surface area (Å²) in [6.07, 6.45) is 1.59. The van der Waals surface area contributed by atoms with Gasteiger partial charge in [-0.15, -0.1) is 0 Å². The predicted octanol–water partition coefficient (Wildman–Crippen LogP) is 1.38. The first kappa shape index (κ1) is 12.4. The highest BCUT2D eigenvalue weighted by Crippen LogP contribution is 2.04. The molecule has 0 aliphatic carbocycles. The summed E-state index contributed by atoms with van der Waals surface area (Å²) in [6, 6.07) is 1.62. The third kappa shape index (κ3) is 2.45.